The summed E-state index contributed by atoms with van der Waals surface area (Å²) in [6, 6.07) is 0. The zero-order valence-electron chi connectivity index (χ0n) is 4.90. The van der Waals surface area contributed by atoms with Crippen molar-refractivity contribution in [2.75, 3.05) is 0 Å². The fourth-order valence-corrected chi connectivity index (χ4v) is 0. The summed E-state index contributed by atoms with van der Waals surface area (Å²) in [6.45, 7) is 0. The molecule has 0 aliphatic carbocycles. The van der Waals surface area contributed by atoms with E-state index in [1.54, 1.807) is 0 Å². The van der Waals surface area contributed by atoms with Gasteiger partial charge in [0.15, 0.2) is 0 Å². The molecule has 0 unspecified atom stereocenters. The summed E-state index contributed by atoms with van der Waals surface area (Å²) in [5.74, 6) is 0. The van der Waals surface area contributed by atoms with Crippen molar-refractivity contribution in [2.45, 2.75) is 0 Å². The molecular weight excluding hydrogens is 424 g/mol. The first-order valence-corrected chi connectivity index (χ1v) is 5.05. The standard InChI is InChI=1S/Bi.Na.6O.2Ti/q+3;+1;;;4*-1;;. The van der Waals surface area contributed by atoms with Gasteiger partial charge in [0, 0.05) is 0 Å². The van der Waals surface area contributed by atoms with Gasteiger partial charge in [-0.25, -0.2) is 0 Å². The predicted molar refractivity (Wildman–Crippen MR) is 7.13 cm³/mol. The first kappa shape index (κ1) is 23.0. The van der Waals surface area contributed by atoms with Crippen molar-refractivity contribution in [3.63, 3.8) is 0 Å². The minimum atomic E-state index is -4.08. The van der Waals surface area contributed by atoms with Crippen molar-refractivity contribution in [1.29, 1.82) is 0 Å². The Morgan fingerprint density at radius 3 is 0.800 bits per heavy atom. The second-order valence-corrected chi connectivity index (χ2v) is 2.06. The van der Waals surface area contributed by atoms with Gasteiger partial charge in [-0.1, -0.05) is 0 Å². The molecule has 10 heavy (non-hydrogen) atoms. The van der Waals surface area contributed by atoms with Crippen molar-refractivity contribution in [1.82, 2.24) is 0 Å². The molecule has 10 heteroatoms. The van der Waals surface area contributed by atoms with E-state index in [1.807, 2.05) is 0 Å². The molecule has 0 aliphatic rings. The Morgan fingerprint density at radius 2 is 0.800 bits per heavy atom. The molecule has 0 spiro atoms. The van der Waals surface area contributed by atoms with Crippen LogP contribution in [0.25, 0.3) is 0 Å². The van der Waals surface area contributed by atoms with Crippen LogP contribution < -0.4 is 44.3 Å². The third-order valence-electron chi connectivity index (χ3n) is 0. The fraction of sp³-hybridized carbons (Fsp3) is 0. The zero-order valence-corrected chi connectivity index (χ0v) is 13.5. The van der Waals surface area contributed by atoms with Gasteiger partial charge in [-0.05, 0) is 0 Å². The Morgan fingerprint density at radius 1 is 0.800 bits per heavy atom. The van der Waals surface area contributed by atoms with Crippen molar-refractivity contribution >= 4 is 26.2 Å². The molecule has 0 N–H and O–H groups in total. The average Bonchev–Trinajstić information content (AvgIpc) is 1.25. The van der Waals surface area contributed by atoms with E-state index in [9.17, 15) is 0 Å². The molecule has 0 aromatic heterocycles. The zero-order chi connectivity index (χ0) is 7.15. The maximum atomic E-state index is 8.58. The van der Waals surface area contributed by atoms with Crippen molar-refractivity contribution < 1.29 is 88.2 Å². The summed E-state index contributed by atoms with van der Waals surface area (Å²) < 4.78 is 51.5. The molecule has 0 heterocycles. The molecule has 0 fully saturated rings. The summed E-state index contributed by atoms with van der Waals surface area (Å²) in [4.78, 5) is 0. The molecule has 0 aromatic rings. The average molecular weight is 424 g/mol. The molecule has 0 bridgehead atoms. The van der Waals surface area contributed by atoms with E-state index in [0.29, 0.717) is 0 Å². The fourth-order valence-electron chi connectivity index (χ4n) is 0. The van der Waals surface area contributed by atoms with Crippen molar-refractivity contribution in [3.05, 3.63) is 0 Å². The van der Waals surface area contributed by atoms with Gasteiger partial charge >= 0.3 is 114 Å². The van der Waals surface area contributed by atoms with Gasteiger partial charge in [0.25, 0.3) is 0 Å². The van der Waals surface area contributed by atoms with E-state index in [0.717, 1.165) is 0 Å². The Labute approximate surface area is 112 Å². The second kappa shape index (κ2) is 17.7. The van der Waals surface area contributed by atoms with Gasteiger partial charge in [-0.15, -0.1) is 0 Å². The van der Waals surface area contributed by atoms with Gasteiger partial charge in [-0.2, -0.15) is 0 Å². The Hall–Kier alpha value is 2.75. The third kappa shape index (κ3) is 135. The summed E-state index contributed by atoms with van der Waals surface area (Å²) in [6.07, 6.45) is 0. The van der Waals surface area contributed by atoms with Gasteiger partial charge in [0.05, 0.1) is 0 Å². The van der Waals surface area contributed by atoms with Crippen LogP contribution in [0.4, 0.5) is 0 Å². The maximum absolute atomic E-state index is 8.58. The van der Waals surface area contributed by atoms with Gasteiger partial charge in [0.1, 0.15) is 0 Å². The van der Waals surface area contributed by atoms with E-state index in [2.05, 4.69) is 0 Å². The van der Waals surface area contributed by atoms with Crippen LogP contribution in [0.1, 0.15) is 0 Å². The van der Waals surface area contributed by atoms with Gasteiger partial charge in [-0.3, -0.25) is 0 Å². The molecule has 0 aliphatic heterocycles. The van der Waals surface area contributed by atoms with E-state index in [4.69, 9.17) is 21.4 Å². The minimum absolute atomic E-state index is 0. The Balaban J connectivity index is -0.0000000300. The quantitative estimate of drug-likeness (QED) is 0.356. The van der Waals surface area contributed by atoms with E-state index in [-0.39, 0.29) is 55.8 Å². The van der Waals surface area contributed by atoms with E-state index >= 15 is 0 Å². The Bertz CT molecular complexity index is 73.7. The Kier molecular flexibility index (Phi) is 40.8. The van der Waals surface area contributed by atoms with Gasteiger partial charge < -0.3 is 0 Å². The van der Waals surface area contributed by atoms with E-state index < -0.39 is 37.2 Å². The summed E-state index contributed by atoms with van der Waals surface area (Å²) in [5.41, 5.74) is 0. The van der Waals surface area contributed by atoms with Crippen molar-refractivity contribution in [2.24, 2.45) is 0 Å². The molecule has 0 amide bonds. The molecule has 0 aromatic carbocycles. The third-order valence-corrected chi connectivity index (χ3v) is 0. The van der Waals surface area contributed by atoms with Crippen LogP contribution in [0, 0.1) is 0 Å². The molecule has 50 valence electrons. The van der Waals surface area contributed by atoms with Crippen molar-refractivity contribution in [3.8, 4) is 0 Å². The number of rotatable bonds is 0. The SMILES string of the molecule is [Bi+3].[Na+].[O]=[Ti]([O-])[O-].[O]=[Ti]([O-])[O-]. The molecule has 2 radical (unpaired) electrons. The molecule has 0 rings (SSSR count). The van der Waals surface area contributed by atoms with Crippen LogP contribution in [0.5, 0.6) is 0 Å². The predicted octanol–water partition coefficient (Wildman–Crippen LogP) is -8.38. The number of hydrogen-bond acceptors (Lipinski definition) is 6. The summed E-state index contributed by atoms with van der Waals surface area (Å²) >= 11 is -8.17. The molecular formula is BiNaO6Ti2. The summed E-state index contributed by atoms with van der Waals surface area (Å²) in [5, 5.41) is 0. The summed E-state index contributed by atoms with van der Waals surface area (Å²) in [7, 11) is 0. The second-order valence-electron chi connectivity index (χ2n) is 0.500. The van der Waals surface area contributed by atoms with E-state index in [1.165, 1.54) is 0 Å². The molecule has 0 atom stereocenters. The molecule has 0 saturated heterocycles. The first-order valence-electron chi connectivity index (χ1n) is 1.22. The normalized spacial score (nSPS) is 5.20. The topological polar surface area (TPSA) is 126 Å². The van der Waals surface area contributed by atoms with Crippen LogP contribution in [0.2, 0.25) is 0 Å². The van der Waals surface area contributed by atoms with Crippen LogP contribution in [0.15, 0.2) is 0 Å². The number of hydrogen-bond donors (Lipinski definition) is 0. The van der Waals surface area contributed by atoms with Crippen LogP contribution >= 0.6 is 0 Å². The first-order chi connectivity index (χ1) is 3.46. The monoisotopic (exact) mass is 424 g/mol. The van der Waals surface area contributed by atoms with Crippen LogP contribution in [-0.4, -0.2) is 26.2 Å². The molecule has 6 nitrogen and oxygen atoms in total. The van der Waals surface area contributed by atoms with Crippen LogP contribution in [-0.2, 0) is 43.9 Å². The van der Waals surface area contributed by atoms with Gasteiger partial charge in [0.2, 0.25) is 0 Å². The molecule has 0 saturated carbocycles. The van der Waals surface area contributed by atoms with Crippen LogP contribution in [0.3, 0.4) is 0 Å².